The largest absolute Gasteiger partial charge is 0.472 e. The molecule has 7 nitrogen and oxygen atoms in total. The number of benzene rings is 1. The van der Waals surface area contributed by atoms with Gasteiger partial charge < -0.3 is 19.6 Å². The molecule has 36 heavy (non-hydrogen) atoms. The van der Waals surface area contributed by atoms with Crippen molar-refractivity contribution in [2.45, 2.75) is 51.7 Å². The molecule has 0 saturated carbocycles. The molecule has 0 saturated heterocycles. The summed E-state index contributed by atoms with van der Waals surface area (Å²) in [4.78, 5) is 34.3. The Labute approximate surface area is 211 Å². The van der Waals surface area contributed by atoms with E-state index < -0.39 is 11.9 Å². The summed E-state index contributed by atoms with van der Waals surface area (Å²) < 4.78 is 19.6. The van der Waals surface area contributed by atoms with Gasteiger partial charge in [0.2, 0.25) is 5.88 Å². The Morgan fingerprint density at radius 1 is 1.31 bits per heavy atom. The molecular weight excluding hydrogens is 461 g/mol. The minimum atomic E-state index is -0.452. The monoisotopic (exact) mass is 495 g/mol. The van der Waals surface area contributed by atoms with E-state index in [2.05, 4.69) is 11.1 Å². The van der Waals surface area contributed by atoms with Crippen LogP contribution in [0.25, 0.3) is 5.57 Å². The van der Waals surface area contributed by atoms with Gasteiger partial charge >= 0.3 is 0 Å². The Kier molecular flexibility index (Phi) is 8.04. The maximum Gasteiger partial charge on any atom is 0.259 e. The van der Waals surface area contributed by atoms with E-state index in [1.807, 2.05) is 19.9 Å². The van der Waals surface area contributed by atoms with Gasteiger partial charge in [0.1, 0.15) is 17.5 Å². The fraction of sp³-hybridized carbons (Fsp3) is 0.464. The van der Waals surface area contributed by atoms with Crippen LogP contribution < -0.4 is 4.74 Å². The van der Waals surface area contributed by atoms with Crippen LogP contribution in [0.1, 0.15) is 65.8 Å². The van der Waals surface area contributed by atoms with Crippen molar-refractivity contribution in [3.05, 3.63) is 65.1 Å². The normalized spacial score (nSPS) is 21.0. The molecule has 192 valence electrons. The Hall–Kier alpha value is -3.26. The summed E-state index contributed by atoms with van der Waals surface area (Å²) in [6, 6.07) is 6.89. The zero-order chi connectivity index (χ0) is 25.8. The van der Waals surface area contributed by atoms with Gasteiger partial charge in [0.05, 0.1) is 19.2 Å². The molecule has 8 heteroatoms. The van der Waals surface area contributed by atoms with E-state index in [9.17, 15) is 19.1 Å². The van der Waals surface area contributed by atoms with Crippen LogP contribution in [0.5, 0.6) is 5.88 Å². The number of halogens is 1. The van der Waals surface area contributed by atoms with Crippen LogP contribution in [0, 0.1) is 11.7 Å². The number of carbonyl (C=O) groups excluding carboxylic acids is 2. The maximum absolute atomic E-state index is 13.6. The van der Waals surface area contributed by atoms with Crippen molar-refractivity contribution in [2.24, 2.45) is 5.92 Å². The fourth-order valence-corrected chi connectivity index (χ4v) is 4.76. The number of allylic oxidation sites excluding steroid dienone is 2. The summed E-state index contributed by atoms with van der Waals surface area (Å²) in [7, 11) is 1.67. The summed E-state index contributed by atoms with van der Waals surface area (Å²) in [5.41, 5.74) is 2.84. The molecule has 2 aromatic rings. The summed E-state index contributed by atoms with van der Waals surface area (Å²) in [5, 5.41) is 9.86. The van der Waals surface area contributed by atoms with E-state index in [0.717, 1.165) is 31.2 Å². The highest BCUT2D eigenvalue weighted by Crippen LogP contribution is 2.32. The van der Waals surface area contributed by atoms with Crippen molar-refractivity contribution in [1.82, 2.24) is 14.8 Å². The smallest absolute Gasteiger partial charge is 0.259 e. The molecule has 0 unspecified atom stereocenters. The molecule has 2 aliphatic rings. The predicted octanol–water partition coefficient (Wildman–Crippen LogP) is 4.17. The van der Waals surface area contributed by atoms with E-state index in [1.54, 1.807) is 23.0 Å². The van der Waals surface area contributed by atoms with Gasteiger partial charge in [0, 0.05) is 31.3 Å². The molecule has 0 fully saturated rings. The van der Waals surface area contributed by atoms with Crippen molar-refractivity contribution in [3.63, 3.8) is 0 Å². The van der Waals surface area contributed by atoms with Gasteiger partial charge in [-0.3, -0.25) is 9.59 Å². The average molecular weight is 496 g/mol. The number of pyridine rings is 1. The van der Waals surface area contributed by atoms with Crippen LogP contribution in [-0.2, 0) is 0 Å². The minimum absolute atomic E-state index is 0.151. The molecule has 1 N–H and O–H groups in total. The second-order valence-corrected chi connectivity index (χ2v) is 9.87. The molecule has 1 aliphatic heterocycles. The Bertz CT molecular complexity index is 1130. The molecular formula is C28H34FN3O4. The number of amides is 2. The molecule has 2 amide bonds. The molecule has 1 aromatic carbocycles. The lowest BCUT2D eigenvalue weighted by atomic mass is 9.93. The van der Waals surface area contributed by atoms with Gasteiger partial charge in [0.25, 0.3) is 11.8 Å². The predicted molar refractivity (Wildman–Crippen MR) is 135 cm³/mol. The van der Waals surface area contributed by atoms with Gasteiger partial charge in [-0.2, -0.15) is 0 Å². The Balaban J connectivity index is 1.64. The summed E-state index contributed by atoms with van der Waals surface area (Å²) >= 11 is 0. The SMILES string of the molecule is C[C@@H]1CN([C@H](C)CO)C(=O)c2cc(C3=CCCCC3)cnc2O[C@@H]1CN(C)C(=O)c1ccc(F)cc1. The molecule has 3 atom stereocenters. The van der Waals surface area contributed by atoms with Crippen molar-refractivity contribution >= 4 is 17.4 Å². The average Bonchev–Trinajstić information content (AvgIpc) is 2.90. The van der Waals surface area contributed by atoms with Gasteiger partial charge in [-0.15, -0.1) is 0 Å². The van der Waals surface area contributed by atoms with E-state index in [4.69, 9.17) is 4.74 Å². The number of nitrogens with zero attached hydrogens (tertiary/aromatic N) is 3. The van der Waals surface area contributed by atoms with E-state index in [0.29, 0.717) is 17.7 Å². The van der Waals surface area contributed by atoms with E-state index in [-0.39, 0.29) is 42.8 Å². The number of carbonyl (C=O) groups is 2. The molecule has 2 heterocycles. The zero-order valence-corrected chi connectivity index (χ0v) is 21.1. The van der Waals surface area contributed by atoms with E-state index >= 15 is 0 Å². The number of aromatic nitrogens is 1. The molecule has 0 radical (unpaired) electrons. The lowest BCUT2D eigenvalue weighted by molar-refractivity contribution is 0.0313. The third-order valence-corrected chi connectivity index (χ3v) is 7.07. The van der Waals surface area contributed by atoms with Gasteiger partial charge in [-0.25, -0.2) is 9.37 Å². The highest BCUT2D eigenvalue weighted by molar-refractivity contribution is 5.97. The Morgan fingerprint density at radius 3 is 2.72 bits per heavy atom. The lowest BCUT2D eigenvalue weighted by Gasteiger charge is -2.37. The van der Waals surface area contributed by atoms with Crippen molar-refractivity contribution in [2.75, 3.05) is 26.7 Å². The third kappa shape index (κ3) is 5.59. The minimum Gasteiger partial charge on any atom is -0.472 e. The number of likely N-dealkylation sites (N-methyl/N-ethyl adjacent to an activating group) is 1. The van der Waals surface area contributed by atoms with Crippen LogP contribution in [0.4, 0.5) is 4.39 Å². The maximum atomic E-state index is 13.6. The quantitative estimate of drug-likeness (QED) is 0.651. The first-order valence-electron chi connectivity index (χ1n) is 12.6. The summed E-state index contributed by atoms with van der Waals surface area (Å²) in [6.45, 7) is 4.21. The summed E-state index contributed by atoms with van der Waals surface area (Å²) in [6.07, 6.45) is 7.73. The van der Waals surface area contributed by atoms with Crippen LogP contribution in [0.2, 0.25) is 0 Å². The van der Waals surface area contributed by atoms with Crippen molar-refractivity contribution in [3.8, 4) is 5.88 Å². The first-order valence-corrected chi connectivity index (χ1v) is 12.6. The topological polar surface area (TPSA) is 83.0 Å². The molecule has 4 rings (SSSR count). The first-order chi connectivity index (χ1) is 17.3. The molecule has 0 bridgehead atoms. The van der Waals surface area contributed by atoms with Gasteiger partial charge in [0.15, 0.2) is 0 Å². The van der Waals surface area contributed by atoms with Crippen LogP contribution >= 0.6 is 0 Å². The number of hydrogen-bond acceptors (Lipinski definition) is 5. The van der Waals surface area contributed by atoms with E-state index in [1.165, 1.54) is 29.8 Å². The second-order valence-electron chi connectivity index (χ2n) is 9.87. The third-order valence-electron chi connectivity index (χ3n) is 7.07. The highest BCUT2D eigenvalue weighted by Gasteiger charge is 2.35. The fourth-order valence-electron chi connectivity index (χ4n) is 4.76. The number of rotatable bonds is 6. The number of hydrogen-bond donors (Lipinski definition) is 1. The van der Waals surface area contributed by atoms with Gasteiger partial charge in [-0.05, 0) is 74.1 Å². The van der Waals surface area contributed by atoms with Gasteiger partial charge in [-0.1, -0.05) is 13.0 Å². The van der Waals surface area contributed by atoms with Crippen molar-refractivity contribution < 1.29 is 23.8 Å². The highest BCUT2D eigenvalue weighted by atomic mass is 19.1. The molecule has 0 spiro atoms. The van der Waals surface area contributed by atoms with Crippen LogP contribution in [-0.4, -0.2) is 70.6 Å². The zero-order valence-electron chi connectivity index (χ0n) is 21.1. The van der Waals surface area contributed by atoms with Crippen LogP contribution in [0.3, 0.4) is 0 Å². The van der Waals surface area contributed by atoms with Crippen LogP contribution in [0.15, 0.2) is 42.6 Å². The lowest BCUT2D eigenvalue weighted by Crippen LogP contribution is -2.50. The van der Waals surface area contributed by atoms with Crippen molar-refractivity contribution in [1.29, 1.82) is 0 Å². The number of aliphatic hydroxyl groups is 1. The molecule has 1 aliphatic carbocycles. The number of fused-ring (bicyclic) bond motifs is 1. The Morgan fingerprint density at radius 2 is 2.06 bits per heavy atom. The number of ether oxygens (including phenoxy) is 1. The number of aliphatic hydroxyl groups excluding tert-OH is 1. The summed E-state index contributed by atoms with van der Waals surface area (Å²) in [5.74, 6) is -0.799. The molecule has 1 aromatic heterocycles. The second kappa shape index (κ2) is 11.2. The first kappa shape index (κ1) is 25.8. The standard InChI is InChI=1S/C28H34FN3O4/c1-18-15-32(19(2)17-33)28(35)24-13-22(20-7-5-4-6-8-20)14-30-26(24)36-25(18)16-31(3)27(34)21-9-11-23(29)12-10-21/h7,9-14,18-19,25,33H,4-6,8,15-17H2,1-3H3/t18-,19-,25-/m1/s1.